The molecule has 0 N–H and O–H groups in total. The van der Waals surface area contributed by atoms with Gasteiger partial charge in [-0.2, -0.15) is 0 Å². The quantitative estimate of drug-likeness (QED) is 0.460. The molecule has 17 heavy (non-hydrogen) atoms. The van der Waals surface area contributed by atoms with E-state index in [-0.39, 0.29) is 5.92 Å². The second-order valence-corrected chi connectivity index (χ2v) is 4.51. The Hall–Kier alpha value is -1.40. The molecule has 1 aliphatic heterocycles. The van der Waals surface area contributed by atoms with E-state index in [1.165, 1.54) is 0 Å². The smallest absolute Gasteiger partial charge is 0.109 e. The molecule has 2 nitrogen and oxygen atoms in total. The molecule has 0 saturated carbocycles. The van der Waals surface area contributed by atoms with Gasteiger partial charge in [-0.3, -0.25) is 4.99 Å². The normalized spacial score (nSPS) is 23.5. The van der Waals surface area contributed by atoms with E-state index >= 15 is 0 Å². The summed E-state index contributed by atoms with van der Waals surface area (Å²) in [4.78, 5) is 7.02. The molecule has 0 radical (unpaired) electrons. The third kappa shape index (κ3) is 4.16. The molecule has 0 spiro atoms. The first-order valence-corrected chi connectivity index (χ1v) is 5.99. The highest BCUT2D eigenvalue weighted by Crippen LogP contribution is 2.18. The summed E-state index contributed by atoms with van der Waals surface area (Å²) in [5, 5.41) is 0. The molecule has 1 rings (SSSR count). The minimum Gasteiger partial charge on any atom is -0.351 e. The Bertz CT molecular complexity index is 435. The van der Waals surface area contributed by atoms with Crippen LogP contribution in [0.5, 0.6) is 0 Å². The van der Waals surface area contributed by atoms with Gasteiger partial charge in [0.25, 0.3) is 0 Å². The van der Waals surface area contributed by atoms with Gasteiger partial charge in [0.05, 0.1) is 0 Å². The van der Waals surface area contributed by atoms with Crippen molar-refractivity contribution in [2.45, 2.75) is 13.8 Å². The molecule has 1 aliphatic rings. The third-order valence-corrected chi connectivity index (χ3v) is 2.65. The monoisotopic (exact) mass is 246 g/mol. The van der Waals surface area contributed by atoms with Crippen LogP contribution in [-0.4, -0.2) is 24.3 Å². The molecule has 0 amide bonds. The van der Waals surface area contributed by atoms with E-state index in [1.54, 1.807) is 6.21 Å². The van der Waals surface area contributed by atoms with E-state index < -0.39 is 0 Å². The van der Waals surface area contributed by atoms with Crippen molar-refractivity contribution in [2.24, 2.45) is 10.9 Å². The van der Waals surface area contributed by atoms with Crippen LogP contribution in [0.2, 0.25) is 0 Å². The highest BCUT2D eigenvalue weighted by Gasteiger charge is 2.12. The number of hydrogen-bond donors (Lipinski definition) is 1. The number of nitrogens with zero attached hydrogens (tertiary/aromatic N) is 2. The fraction of sp³-hybridized carbons (Fsp3) is 0.357. The summed E-state index contributed by atoms with van der Waals surface area (Å²) in [7, 11) is 0. The first-order chi connectivity index (χ1) is 8.04. The number of aliphatic imine (C=N–C) groups is 1. The lowest BCUT2D eigenvalue weighted by molar-refractivity contribution is 0.341. The second kappa shape index (κ2) is 6.36. The molecule has 0 saturated heterocycles. The van der Waals surface area contributed by atoms with Crippen molar-refractivity contribution < 1.29 is 0 Å². The second-order valence-electron chi connectivity index (χ2n) is 3.97. The fourth-order valence-corrected chi connectivity index (χ4v) is 1.59. The van der Waals surface area contributed by atoms with Crippen LogP contribution in [0.4, 0.5) is 0 Å². The average Bonchev–Trinajstić information content (AvgIpc) is 2.27. The molecule has 3 heteroatoms. The van der Waals surface area contributed by atoms with Crippen molar-refractivity contribution >= 4 is 18.8 Å². The van der Waals surface area contributed by atoms with Gasteiger partial charge in [-0.1, -0.05) is 25.0 Å². The first-order valence-electron chi connectivity index (χ1n) is 5.54. The molecule has 0 aromatic heterocycles. The first kappa shape index (κ1) is 13.7. The summed E-state index contributed by atoms with van der Waals surface area (Å²) >= 11 is 4.24. The molecular formula is C14H18N2S. The SMILES string of the molecule is C=C(S)/C1=C/C(=C)N(C/N=C\C)CC(C)C#C1. The van der Waals surface area contributed by atoms with E-state index in [0.717, 1.165) is 17.8 Å². The van der Waals surface area contributed by atoms with E-state index in [1.807, 2.05) is 13.0 Å². The van der Waals surface area contributed by atoms with Crippen LogP contribution in [0.1, 0.15) is 13.8 Å². The van der Waals surface area contributed by atoms with Gasteiger partial charge >= 0.3 is 0 Å². The highest BCUT2D eigenvalue weighted by atomic mass is 32.1. The van der Waals surface area contributed by atoms with E-state index in [2.05, 4.69) is 54.4 Å². The van der Waals surface area contributed by atoms with E-state index in [0.29, 0.717) is 11.6 Å². The topological polar surface area (TPSA) is 15.6 Å². The predicted molar refractivity (Wildman–Crippen MR) is 78.0 cm³/mol. The number of thiol groups is 1. The van der Waals surface area contributed by atoms with E-state index in [4.69, 9.17) is 0 Å². The van der Waals surface area contributed by atoms with Crippen molar-refractivity contribution in [1.82, 2.24) is 4.90 Å². The Kier molecular flexibility index (Phi) is 5.11. The Balaban J connectivity index is 2.98. The zero-order valence-corrected chi connectivity index (χ0v) is 11.3. The number of allylic oxidation sites excluding steroid dienone is 2. The Morgan fingerprint density at radius 1 is 1.76 bits per heavy atom. The zero-order chi connectivity index (χ0) is 12.8. The molecular weight excluding hydrogens is 228 g/mol. The summed E-state index contributed by atoms with van der Waals surface area (Å²) in [6, 6.07) is 0. The van der Waals surface area contributed by atoms with Gasteiger partial charge in [-0.05, 0) is 26.1 Å². The lowest BCUT2D eigenvalue weighted by Gasteiger charge is -2.26. The Labute approximate surface area is 109 Å². The molecule has 1 heterocycles. The molecule has 1 atom stereocenters. The van der Waals surface area contributed by atoms with Crippen molar-refractivity contribution in [1.29, 1.82) is 0 Å². The lowest BCUT2D eigenvalue weighted by atomic mass is 10.1. The number of rotatable bonds is 3. The molecule has 0 fully saturated rings. The van der Waals surface area contributed by atoms with Crippen LogP contribution in [0.25, 0.3) is 0 Å². The summed E-state index contributed by atoms with van der Waals surface area (Å²) < 4.78 is 0. The van der Waals surface area contributed by atoms with Gasteiger partial charge in [0.15, 0.2) is 0 Å². The van der Waals surface area contributed by atoms with Crippen LogP contribution in [0, 0.1) is 17.8 Å². The van der Waals surface area contributed by atoms with Crippen LogP contribution in [0.3, 0.4) is 0 Å². The van der Waals surface area contributed by atoms with Gasteiger partial charge in [0, 0.05) is 28.6 Å². The van der Waals surface area contributed by atoms with Crippen LogP contribution < -0.4 is 0 Å². The van der Waals surface area contributed by atoms with Gasteiger partial charge in [-0.15, -0.1) is 12.6 Å². The van der Waals surface area contributed by atoms with Crippen LogP contribution in [0.15, 0.2) is 40.4 Å². The van der Waals surface area contributed by atoms with Gasteiger partial charge in [-0.25, -0.2) is 0 Å². The molecule has 0 aliphatic carbocycles. The van der Waals surface area contributed by atoms with Crippen molar-refractivity contribution in [2.75, 3.05) is 13.2 Å². The summed E-state index contributed by atoms with van der Waals surface area (Å²) in [6.07, 6.45) is 3.71. The van der Waals surface area contributed by atoms with Crippen LogP contribution >= 0.6 is 12.6 Å². The molecule has 0 aromatic rings. The maximum Gasteiger partial charge on any atom is 0.109 e. The molecule has 0 bridgehead atoms. The Morgan fingerprint density at radius 3 is 3.06 bits per heavy atom. The molecule has 0 aromatic carbocycles. The highest BCUT2D eigenvalue weighted by molar-refractivity contribution is 7.84. The maximum absolute atomic E-state index is 4.24. The molecule has 1 unspecified atom stereocenters. The van der Waals surface area contributed by atoms with Crippen molar-refractivity contribution in [3.05, 3.63) is 35.4 Å². The van der Waals surface area contributed by atoms with Crippen molar-refractivity contribution in [3.63, 3.8) is 0 Å². The minimum absolute atomic E-state index is 0.273. The van der Waals surface area contributed by atoms with Crippen LogP contribution in [-0.2, 0) is 0 Å². The molecule has 90 valence electrons. The number of hydrogen-bond acceptors (Lipinski definition) is 3. The predicted octanol–water partition coefficient (Wildman–Crippen LogP) is 2.87. The van der Waals surface area contributed by atoms with Gasteiger partial charge in [0.2, 0.25) is 0 Å². The largest absolute Gasteiger partial charge is 0.351 e. The van der Waals surface area contributed by atoms with Gasteiger partial charge < -0.3 is 4.90 Å². The zero-order valence-electron chi connectivity index (χ0n) is 10.4. The summed E-state index contributed by atoms with van der Waals surface area (Å²) in [5.41, 5.74) is 1.73. The summed E-state index contributed by atoms with van der Waals surface area (Å²) in [6.45, 7) is 13.3. The average molecular weight is 246 g/mol. The minimum atomic E-state index is 0.273. The standard InChI is InChI=1S/C14H18N2S/c1-5-15-10-16-9-11(2)6-7-14(13(4)17)8-12(16)3/h5,8,11,17H,3-4,9-10H2,1-2H3/b14-8+,15-5-. The Morgan fingerprint density at radius 2 is 2.47 bits per heavy atom. The lowest BCUT2D eigenvalue weighted by Crippen LogP contribution is -2.27. The fourth-order valence-electron chi connectivity index (χ4n) is 1.47. The summed E-state index contributed by atoms with van der Waals surface area (Å²) in [5.74, 6) is 6.54. The third-order valence-electron chi connectivity index (χ3n) is 2.41. The van der Waals surface area contributed by atoms with Crippen molar-refractivity contribution in [3.8, 4) is 11.8 Å². The maximum atomic E-state index is 4.24. The van der Waals surface area contributed by atoms with E-state index in [9.17, 15) is 0 Å². The van der Waals surface area contributed by atoms with Gasteiger partial charge in [0.1, 0.15) is 6.67 Å².